The van der Waals surface area contributed by atoms with Crippen molar-refractivity contribution < 1.29 is 4.74 Å². The summed E-state index contributed by atoms with van der Waals surface area (Å²) in [5.74, 6) is 0.864. The van der Waals surface area contributed by atoms with Crippen LogP contribution in [0, 0.1) is 13.8 Å². The zero-order chi connectivity index (χ0) is 13.4. The fourth-order valence-electron chi connectivity index (χ4n) is 1.96. The molecule has 2 N–H and O–H groups in total. The first kappa shape index (κ1) is 12.0. The summed E-state index contributed by atoms with van der Waals surface area (Å²) in [7, 11) is 0. The van der Waals surface area contributed by atoms with Gasteiger partial charge in [-0.3, -0.25) is 4.40 Å². The summed E-state index contributed by atoms with van der Waals surface area (Å²) in [6, 6.07) is 3.92. The molecule has 0 aliphatic carbocycles. The Kier molecular flexibility index (Phi) is 2.91. The first-order chi connectivity index (χ1) is 9.13. The number of hydrogen-bond donors (Lipinski definition) is 1. The van der Waals surface area contributed by atoms with E-state index in [1.165, 1.54) is 0 Å². The van der Waals surface area contributed by atoms with Crippen LogP contribution in [-0.4, -0.2) is 9.38 Å². The number of nitrogens with zero attached hydrogens (tertiary/aromatic N) is 2. The van der Waals surface area contributed by atoms with Crippen molar-refractivity contribution in [3.05, 3.63) is 46.7 Å². The molecule has 5 heteroatoms. The summed E-state index contributed by atoms with van der Waals surface area (Å²) in [5, 5.41) is 2.01. The molecule has 0 bridgehead atoms. The van der Waals surface area contributed by atoms with Gasteiger partial charge in [-0.1, -0.05) is 0 Å². The van der Waals surface area contributed by atoms with E-state index in [0.29, 0.717) is 6.61 Å². The minimum absolute atomic E-state index is 0.471. The van der Waals surface area contributed by atoms with Gasteiger partial charge in [0.15, 0.2) is 4.96 Å². The Morgan fingerprint density at radius 2 is 2.16 bits per heavy atom. The Labute approximate surface area is 115 Å². The van der Waals surface area contributed by atoms with Gasteiger partial charge in [-0.2, -0.15) is 0 Å². The van der Waals surface area contributed by atoms with Crippen molar-refractivity contribution in [3.63, 3.8) is 0 Å². The summed E-state index contributed by atoms with van der Waals surface area (Å²) in [5.41, 5.74) is 9.67. The van der Waals surface area contributed by atoms with Crippen molar-refractivity contribution in [1.82, 2.24) is 9.38 Å². The first-order valence-corrected chi connectivity index (χ1v) is 6.92. The van der Waals surface area contributed by atoms with E-state index in [-0.39, 0.29) is 0 Å². The molecule has 2 aromatic heterocycles. The highest BCUT2D eigenvalue weighted by molar-refractivity contribution is 7.15. The molecule has 0 fully saturated rings. The van der Waals surface area contributed by atoms with Crippen molar-refractivity contribution >= 4 is 22.0 Å². The molecule has 98 valence electrons. The van der Waals surface area contributed by atoms with E-state index < -0.39 is 0 Å². The number of thiazole rings is 1. The standard InChI is InChI=1S/C14H15N3OS/c1-9-6-13(10(2)5-12(9)15)18-8-11-7-17-3-4-19-14(17)16-11/h3-7H,8,15H2,1-2H3. The van der Waals surface area contributed by atoms with Crippen molar-refractivity contribution in [2.75, 3.05) is 5.73 Å². The number of anilines is 1. The summed E-state index contributed by atoms with van der Waals surface area (Å²) in [4.78, 5) is 5.48. The topological polar surface area (TPSA) is 52.5 Å². The normalized spacial score (nSPS) is 11.1. The number of ether oxygens (including phenoxy) is 1. The molecular weight excluding hydrogens is 258 g/mol. The number of hydrogen-bond acceptors (Lipinski definition) is 4. The van der Waals surface area contributed by atoms with Gasteiger partial charge in [0.25, 0.3) is 0 Å². The Balaban J connectivity index is 1.79. The predicted octanol–water partition coefficient (Wildman–Crippen LogP) is 3.17. The monoisotopic (exact) mass is 273 g/mol. The maximum atomic E-state index is 5.86. The van der Waals surface area contributed by atoms with Crippen LogP contribution in [0.1, 0.15) is 16.8 Å². The highest BCUT2D eigenvalue weighted by Crippen LogP contribution is 2.25. The second-order valence-corrected chi connectivity index (χ2v) is 5.46. The Morgan fingerprint density at radius 3 is 2.95 bits per heavy atom. The van der Waals surface area contributed by atoms with Crippen LogP contribution < -0.4 is 10.5 Å². The van der Waals surface area contributed by atoms with Crippen LogP contribution in [0.3, 0.4) is 0 Å². The molecule has 3 aromatic rings. The van der Waals surface area contributed by atoms with Crippen LogP contribution in [0.2, 0.25) is 0 Å². The number of nitrogen functional groups attached to an aromatic ring is 1. The van der Waals surface area contributed by atoms with E-state index in [2.05, 4.69) is 4.98 Å². The van der Waals surface area contributed by atoms with Gasteiger partial charge >= 0.3 is 0 Å². The number of nitrogens with two attached hydrogens (primary N) is 1. The molecule has 0 saturated carbocycles. The van der Waals surface area contributed by atoms with E-state index in [9.17, 15) is 0 Å². The van der Waals surface area contributed by atoms with Gasteiger partial charge in [-0.15, -0.1) is 11.3 Å². The van der Waals surface area contributed by atoms with Gasteiger partial charge in [0.2, 0.25) is 0 Å². The lowest BCUT2D eigenvalue weighted by atomic mass is 10.1. The molecule has 2 heterocycles. The highest BCUT2D eigenvalue weighted by atomic mass is 32.1. The van der Waals surface area contributed by atoms with Crippen molar-refractivity contribution in [2.24, 2.45) is 0 Å². The Morgan fingerprint density at radius 1 is 1.32 bits per heavy atom. The van der Waals surface area contributed by atoms with Gasteiger partial charge in [-0.25, -0.2) is 4.98 Å². The summed E-state index contributed by atoms with van der Waals surface area (Å²) >= 11 is 1.62. The lowest BCUT2D eigenvalue weighted by Crippen LogP contribution is -1.99. The van der Waals surface area contributed by atoms with Crippen LogP contribution in [0.5, 0.6) is 5.75 Å². The highest BCUT2D eigenvalue weighted by Gasteiger charge is 2.06. The van der Waals surface area contributed by atoms with Crippen LogP contribution in [0.15, 0.2) is 29.9 Å². The van der Waals surface area contributed by atoms with E-state index >= 15 is 0 Å². The average Bonchev–Trinajstić information content (AvgIpc) is 2.92. The molecule has 0 saturated heterocycles. The van der Waals surface area contributed by atoms with E-state index in [0.717, 1.165) is 33.2 Å². The van der Waals surface area contributed by atoms with Crippen molar-refractivity contribution in [2.45, 2.75) is 20.5 Å². The quantitative estimate of drug-likeness (QED) is 0.746. The SMILES string of the molecule is Cc1cc(OCc2cn3ccsc3n2)c(C)cc1N. The smallest absolute Gasteiger partial charge is 0.193 e. The number of aryl methyl sites for hydroxylation is 2. The maximum absolute atomic E-state index is 5.86. The van der Waals surface area contributed by atoms with Crippen LogP contribution >= 0.6 is 11.3 Å². The Bertz CT molecular complexity index is 701. The third kappa shape index (κ3) is 2.29. The molecule has 0 unspecified atom stereocenters. The molecule has 0 aliphatic heterocycles. The molecule has 4 nitrogen and oxygen atoms in total. The van der Waals surface area contributed by atoms with Crippen LogP contribution in [0.25, 0.3) is 4.96 Å². The Hall–Kier alpha value is -2.01. The van der Waals surface area contributed by atoms with Crippen molar-refractivity contribution in [1.29, 1.82) is 0 Å². The van der Waals surface area contributed by atoms with Crippen molar-refractivity contribution in [3.8, 4) is 5.75 Å². The molecule has 0 atom stereocenters. The lowest BCUT2D eigenvalue weighted by Gasteiger charge is -2.10. The summed E-state index contributed by atoms with van der Waals surface area (Å²) in [6.07, 6.45) is 3.99. The molecule has 0 aliphatic rings. The fraction of sp³-hybridized carbons (Fsp3) is 0.214. The number of benzene rings is 1. The van der Waals surface area contributed by atoms with Crippen LogP contribution in [0.4, 0.5) is 5.69 Å². The van der Waals surface area contributed by atoms with E-state index in [4.69, 9.17) is 10.5 Å². The average molecular weight is 273 g/mol. The number of rotatable bonds is 3. The van der Waals surface area contributed by atoms with Crippen LogP contribution in [-0.2, 0) is 6.61 Å². The van der Waals surface area contributed by atoms with E-state index in [1.54, 1.807) is 11.3 Å². The minimum atomic E-state index is 0.471. The second-order valence-electron chi connectivity index (χ2n) is 4.59. The minimum Gasteiger partial charge on any atom is -0.487 e. The summed E-state index contributed by atoms with van der Waals surface area (Å²) < 4.78 is 7.84. The van der Waals surface area contributed by atoms with E-state index in [1.807, 2.05) is 48.2 Å². The van der Waals surface area contributed by atoms with Gasteiger partial charge in [0.1, 0.15) is 12.4 Å². The second kappa shape index (κ2) is 4.59. The third-order valence-electron chi connectivity index (χ3n) is 3.08. The molecule has 0 spiro atoms. The lowest BCUT2D eigenvalue weighted by molar-refractivity contribution is 0.300. The molecule has 19 heavy (non-hydrogen) atoms. The van der Waals surface area contributed by atoms with Gasteiger partial charge in [0, 0.05) is 23.5 Å². The molecule has 1 aromatic carbocycles. The number of aromatic nitrogens is 2. The maximum Gasteiger partial charge on any atom is 0.193 e. The largest absolute Gasteiger partial charge is 0.487 e. The van der Waals surface area contributed by atoms with Gasteiger partial charge in [-0.05, 0) is 37.1 Å². The zero-order valence-corrected chi connectivity index (χ0v) is 11.7. The fourth-order valence-corrected chi connectivity index (χ4v) is 2.68. The molecular formula is C14H15N3OS. The molecule has 3 rings (SSSR count). The van der Waals surface area contributed by atoms with Gasteiger partial charge < -0.3 is 10.5 Å². The molecule has 0 radical (unpaired) electrons. The number of fused-ring (bicyclic) bond motifs is 1. The zero-order valence-electron chi connectivity index (χ0n) is 10.9. The first-order valence-electron chi connectivity index (χ1n) is 6.04. The molecule has 0 amide bonds. The summed E-state index contributed by atoms with van der Waals surface area (Å²) in [6.45, 7) is 4.45. The predicted molar refractivity (Wildman–Crippen MR) is 77.7 cm³/mol. The van der Waals surface area contributed by atoms with Gasteiger partial charge in [0.05, 0.1) is 5.69 Å². The third-order valence-corrected chi connectivity index (χ3v) is 3.85. The number of imidazole rings is 1.